The summed E-state index contributed by atoms with van der Waals surface area (Å²) in [5, 5.41) is 3.53. The van der Waals surface area contributed by atoms with Crippen molar-refractivity contribution in [3.05, 3.63) is 29.8 Å². The van der Waals surface area contributed by atoms with Crippen LogP contribution in [-0.2, 0) is 16.6 Å². The predicted molar refractivity (Wildman–Crippen MR) is 93.1 cm³/mol. The van der Waals surface area contributed by atoms with Gasteiger partial charge in [-0.15, -0.1) is 0 Å². The number of nitrogens with zero attached hydrogens (tertiary/aromatic N) is 1. The number of ether oxygens (including phenoxy) is 1. The van der Waals surface area contributed by atoms with Crippen molar-refractivity contribution in [1.29, 1.82) is 0 Å². The minimum Gasteiger partial charge on any atom is -0.491 e. The Kier molecular flexibility index (Phi) is 6.44. The number of sulfonamides is 1. The zero-order valence-corrected chi connectivity index (χ0v) is 15.1. The minimum absolute atomic E-state index is 0.184. The summed E-state index contributed by atoms with van der Waals surface area (Å²) in [6, 6.07) is 8.51. The fraction of sp³-hybridized carbons (Fsp3) is 0.647. The molecular weight excluding hydrogens is 312 g/mol. The van der Waals surface area contributed by atoms with Crippen molar-refractivity contribution in [3.8, 4) is 5.75 Å². The second kappa shape index (κ2) is 8.13. The SMILES string of the molecule is CCS(=O)(=O)N1CCC(NCc2ccc(OC(C)C)cc2)CC1. The van der Waals surface area contributed by atoms with Gasteiger partial charge in [-0.25, -0.2) is 12.7 Å². The fourth-order valence-corrected chi connectivity index (χ4v) is 3.87. The molecule has 0 aromatic heterocycles. The highest BCUT2D eigenvalue weighted by Crippen LogP contribution is 2.16. The molecule has 130 valence electrons. The standard InChI is InChI=1S/C17H28N2O3S/c1-4-23(20,21)19-11-9-16(10-12-19)18-13-15-5-7-17(8-6-15)22-14(2)3/h5-8,14,16,18H,4,9-13H2,1-3H3. The number of hydrogen-bond donors (Lipinski definition) is 1. The van der Waals surface area contributed by atoms with Gasteiger partial charge in [0.15, 0.2) is 0 Å². The highest BCUT2D eigenvalue weighted by atomic mass is 32.2. The summed E-state index contributed by atoms with van der Waals surface area (Å²) in [5.41, 5.74) is 1.21. The van der Waals surface area contributed by atoms with Gasteiger partial charge in [-0.1, -0.05) is 12.1 Å². The molecule has 1 aliphatic rings. The number of piperidine rings is 1. The molecule has 23 heavy (non-hydrogen) atoms. The molecular formula is C17H28N2O3S. The van der Waals surface area contributed by atoms with Crippen molar-refractivity contribution in [2.75, 3.05) is 18.8 Å². The van der Waals surface area contributed by atoms with Crippen LogP contribution in [0.1, 0.15) is 39.2 Å². The predicted octanol–water partition coefficient (Wildman–Crippen LogP) is 2.38. The zero-order chi connectivity index (χ0) is 16.9. The maximum absolute atomic E-state index is 11.8. The molecule has 1 fully saturated rings. The molecule has 0 amide bonds. The van der Waals surface area contributed by atoms with Crippen LogP contribution in [0.5, 0.6) is 5.75 Å². The second-order valence-electron chi connectivity index (χ2n) is 6.27. The maximum atomic E-state index is 11.8. The molecule has 0 unspecified atom stereocenters. The van der Waals surface area contributed by atoms with Gasteiger partial charge in [0.2, 0.25) is 10.0 Å². The molecule has 0 aliphatic carbocycles. The van der Waals surface area contributed by atoms with E-state index in [1.54, 1.807) is 11.2 Å². The van der Waals surface area contributed by atoms with Gasteiger partial charge in [-0.05, 0) is 51.3 Å². The van der Waals surface area contributed by atoms with E-state index in [1.165, 1.54) is 5.56 Å². The van der Waals surface area contributed by atoms with Crippen LogP contribution < -0.4 is 10.1 Å². The summed E-state index contributed by atoms with van der Waals surface area (Å²) in [5.74, 6) is 1.08. The van der Waals surface area contributed by atoms with E-state index in [0.29, 0.717) is 19.1 Å². The first kappa shape index (κ1) is 18.2. The smallest absolute Gasteiger partial charge is 0.213 e. The molecule has 6 heteroatoms. The highest BCUT2D eigenvalue weighted by molar-refractivity contribution is 7.89. The molecule has 0 saturated carbocycles. The topological polar surface area (TPSA) is 58.6 Å². The van der Waals surface area contributed by atoms with Crippen LogP contribution in [0.15, 0.2) is 24.3 Å². The number of benzene rings is 1. The zero-order valence-electron chi connectivity index (χ0n) is 14.3. The number of nitrogens with one attached hydrogen (secondary N) is 1. The normalized spacial score (nSPS) is 17.6. The molecule has 0 spiro atoms. The molecule has 1 heterocycles. The van der Waals surface area contributed by atoms with Crippen molar-refractivity contribution in [2.24, 2.45) is 0 Å². The van der Waals surface area contributed by atoms with Crippen LogP contribution in [0.3, 0.4) is 0 Å². The quantitative estimate of drug-likeness (QED) is 0.828. The molecule has 0 bridgehead atoms. The molecule has 2 rings (SSSR count). The average molecular weight is 340 g/mol. The third-order valence-electron chi connectivity index (χ3n) is 4.10. The average Bonchev–Trinajstić information content (AvgIpc) is 2.54. The van der Waals surface area contributed by atoms with Crippen LogP contribution in [0, 0.1) is 0 Å². The van der Waals surface area contributed by atoms with Crippen molar-refractivity contribution in [3.63, 3.8) is 0 Å². The first-order chi connectivity index (χ1) is 10.9. The van der Waals surface area contributed by atoms with Gasteiger partial charge < -0.3 is 10.1 Å². The lowest BCUT2D eigenvalue weighted by Crippen LogP contribution is -2.45. The van der Waals surface area contributed by atoms with Gasteiger partial charge in [-0.3, -0.25) is 0 Å². The van der Waals surface area contributed by atoms with E-state index in [4.69, 9.17) is 4.74 Å². The summed E-state index contributed by atoms with van der Waals surface area (Å²) in [6.45, 7) is 7.77. The maximum Gasteiger partial charge on any atom is 0.213 e. The van der Waals surface area contributed by atoms with Crippen LogP contribution >= 0.6 is 0 Å². The molecule has 0 radical (unpaired) electrons. The van der Waals surface area contributed by atoms with E-state index in [2.05, 4.69) is 17.4 Å². The van der Waals surface area contributed by atoms with Crippen molar-refractivity contribution in [2.45, 2.75) is 52.3 Å². The number of rotatable bonds is 7. The largest absolute Gasteiger partial charge is 0.491 e. The van der Waals surface area contributed by atoms with Crippen molar-refractivity contribution >= 4 is 10.0 Å². The Balaban J connectivity index is 1.77. The Bertz CT molecular complexity index is 576. The molecule has 1 N–H and O–H groups in total. The minimum atomic E-state index is -3.03. The summed E-state index contributed by atoms with van der Waals surface area (Å²) < 4.78 is 30.9. The lowest BCUT2D eigenvalue weighted by Gasteiger charge is -2.31. The lowest BCUT2D eigenvalue weighted by molar-refractivity contribution is 0.242. The van der Waals surface area contributed by atoms with Gasteiger partial charge in [0.05, 0.1) is 11.9 Å². The molecule has 1 aromatic carbocycles. The first-order valence-electron chi connectivity index (χ1n) is 8.37. The van der Waals surface area contributed by atoms with Crippen LogP contribution in [0.2, 0.25) is 0 Å². The lowest BCUT2D eigenvalue weighted by atomic mass is 10.1. The summed E-state index contributed by atoms with van der Waals surface area (Å²) in [6.07, 6.45) is 1.92. The van der Waals surface area contributed by atoms with E-state index in [1.807, 2.05) is 26.0 Å². The van der Waals surface area contributed by atoms with Crippen molar-refractivity contribution < 1.29 is 13.2 Å². The Labute approximate surface area is 140 Å². The van der Waals surface area contributed by atoms with Gasteiger partial charge in [-0.2, -0.15) is 0 Å². The van der Waals surface area contributed by atoms with Gasteiger partial charge in [0.1, 0.15) is 5.75 Å². The fourth-order valence-electron chi connectivity index (χ4n) is 2.74. The second-order valence-corrected chi connectivity index (χ2v) is 8.52. The Hall–Kier alpha value is -1.11. The highest BCUT2D eigenvalue weighted by Gasteiger charge is 2.26. The number of hydrogen-bond acceptors (Lipinski definition) is 4. The summed E-state index contributed by atoms with van der Waals surface area (Å²) >= 11 is 0. The third-order valence-corrected chi connectivity index (χ3v) is 5.98. The van der Waals surface area contributed by atoms with E-state index in [0.717, 1.165) is 25.1 Å². The Morgan fingerprint density at radius 1 is 1.22 bits per heavy atom. The van der Waals surface area contributed by atoms with Gasteiger partial charge in [0, 0.05) is 25.7 Å². The molecule has 0 atom stereocenters. The Morgan fingerprint density at radius 3 is 2.35 bits per heavy atom. The van der Waals surface area contributed by atoms with Crippen LogP contribution in [0.25, 0.3) is 0 Å². The van der Waals surface area contributed by atoms with E-state index >= 15 is 0 Å². The third kappa shape index (κ3) is 5.48. The van der Waals surface area contributed by atoms with Crippen molar-refractivity contribution in [1.82, 2.24) is 9.62 Å². The van der Waals surface area contributed by atoms with E-state index < -0.39 is 10.0 Å². The van der Waals surface area contributed by atoms with Crippen LogP contribution in [0.4, 0.5) is 0 Å². The summed E-state index contributed by atoms with van der Waals surface area (Å²) in [7, 11) is -3.03. The molecule has 1 aromatic rings. The molecule has 1 aliphatic heterocycles. The van der Waals surface area contributed by atoms with E-state index in [-0.39, 0.29) is 11.9 Å². The Morgan fingerprint density at radius 2 is 1.83 bits per heavy atom. The first-order valence-corrected chi connectivity index (χ1v) is 9.98. The summed E-state index contributed by atoms with van der Waals surface area (Å²) in [4.78, 5) is 0. The van der Waals surface area contributed by atoms with Gasteiger partial charge in [0.25, 0.3) is 0 Å². The molecule has 5 nitrogen and oxygen atoms in total. The molecule has 1 saturated heterocycles. The monoisotopic (exact) mass is 340 g/mol. The van der Waals surface area contributed by atoms with Gasteiger partial charge >= 0.3 is 0 Å². The van der Waals surface area contributed by atoms with E-state index in [9.17, 15) is 8.42 Å². The van der Waals surface area contributed by atoms with Crippen LogP contribution in [-0.4, -0.2) is 43.7 Å².